The summed E-state index contributed by atoms with van der Waals surface area (Å²) in [5.41, 5.74) is 2.33. The fraction of sp³-hybridized carbons (Fsp3) is 0.222. The molecule has 1 aliphatic rings. The van der Waals surface area contributed by atoms with Gasteiger partial charge in [-0.1, -0.05) is 6.07 Å². The topological polar surface area (TPSA) is 65.0 Å². The molecule has 2 heterocycles. The van der Waals surface area contributed by atoms with Gasteiger partial charge >= 0.3 is 0 Å². The summed E-state index contributed by atoms with van der Waals surface area (Å²) in [7, 11) is 4.18. The number of aryl methyl sites for hydroxylation is 1. The number of fused-ring (bicyclic) bond motifs is 2. The number of carbonyl (C=O) groups excluding carboxylic acids is 1. The van der Waals surface area contributed by atoms with Gasteiger partial charge in [0.25, 0.3) is 5.91 Å². The van der Waals surface area contributed by atoms with E-state index in [1.54, 1.807) is 30.3 Å². The molecule has 0 spiro atoms. The highest BCUT2D eigenvalue weighted by molar-refractivity contribution is 6.04. The molecule has 0 saturated carbocycles. The van der Waals surface area contributed by atoms with Crippen LogP contribution in [0.2, 0.25) is 0 Å². The van der Waals surface area contributed by atoms with Crippen molar-refractivity contribution in [1.29, 1.82) is 0 Å². The van der Waals surface area contributed by atoms with E-state index in [2.05, 4.69) is 47.2 Å². The van der Waals surface area contributed by atoms with Crippen LogP contribution in [0.1, 0.15) is 16.8 Å². The molecule has 0 fully saturated rings. The van der Waals surface area contributed by atoms with Gasteiger partial charge in [-0.3, -0.25) is 4.79 Å². The van der Waals surface area contributed by atoms with Crippen LogP contribution in [0.25, 0.3) is 10.9 Å². The maximum Gasteiger partial charge on any atom is 0.255 e. The first-order chi connectivity index (χ1) is 16.5. The lowest BCUT2D eigenvalue weighted by molar-refractivity contribution is 0.102. The number of rotatable bonds is 8. The number of anilines is 1. The first-order valence-electron chi connectivity index (χ1n) is 11.3. The van der Waals surface area contributed by atoms with Crippen molar-refractivity contribution in [2.75, 3.05) is 32.7 Å². The number of amides is 1. The van der Waals surface area contributed by atoms with Crippen LogP contribution >= 0.6 is 0 Å². The first kappa shape index (κ1) is 21.9. The van der Waals surface area contributed by atoms with Gasteiger partial charge in [0, 0.05) is 41.0 Å². The van der Waals surface area contributed by atoms with Crippen molar-refractivity contribution in [3.8, 4) is 23.0 Å². The van der Waals surface area contributed by atoms with Crippen LogP contribution in [0.4, 0.5) is 5.69 Å². The van der Waals surface area contributed by atoms with Crippen molar-refractivity contribution in [3.05, 3.63) is 78.5 Å². The minimum atomic E-state index is -0.227. The number of hydrogen-bond acceptors (Lipinski definition) is 5. The molecule has 34 heavy (non-hydrogen) atoms. The van der Waals surface area contributed by atoms with Crippen LogP contribution in [0, 0.1) is 0 Å². The summed E-state index contributed by atoms with van der Waals surface area (Å²) in [6.45, 7) is 2.22. The van der Waals surface area contributed by atoms with Gasteiger partial charge in [0.2, 0.25) is 6.79 Å². The summed E-state index contributed by atoms with van der Waals surface area (Å²) in [5, 5.41) is 4.02. The van der Waals surface area contributed by atoms with Crippen LogP contribution in [-0.4, -0.2) is 42.8 Å². The Morgan fingerprint density at radius 3 is 2.74 bits per heavy atom. The molecule has 1 aliphatic heterocycles. The van der Waals surface area contributed by atoms with E-state index >= 15 is 0 Å². The molecule has 1 amide bonds. The summed E-state index contributed by atoms with van der Waals surface area (Å²) in [4.78, 5) is 15.0. The largest absolute Gasteiger partial charge is 0.457 e. The van der Waals surface area contributed by atoms with Crippen molar-refractivity contribution in [3.63, 3.8) is 0 Å². The fourth-order valence-corrected chi connectivity index (χ4v) is 4.01. The highest BCUT2D eigenvalue weighted by Gasteiger charge is 2.15. The third kappa shape index (κ3) is 4.84. The predicted molar refractivity (Wildman–Crippen MR) is 132 cm³/mol. The van der Waals surface area contributed by atoms with Crippen LogP contribution in [-0.2, 0) is 6.54 Å². The number of hydrogen-bond donors (Lipinski definition) is 1. The van der Waals surface area contributed by atoms with E-state index in [0.717, 1.165) is 30.6 Å². The Bertz CT molecular complexity index is 1330. The maximum atomic E-state index is 12.8. The molecular formula is C27H27N3O4. The fourth-order valence-electron chi connectivity index (χ4n) is 4.01. The number of aromatic nitrogens is 1. The summed E-state index contributed by atoms with van der Waals surface area (Å²) < 4.78 is 19.0. The lowest BCUT2D eigenvalue weighted by atomic mass is 10.2. The quantitative estimate of drug-likeness (QED) is 0.386. The summed E-state index contributed by atoms with van der Waals surface area (Å²) in [6, 6.07) is 20.6. The maximum absolute atomic E-state index is 12.8. The van der Waals surface area contributed by atoms with Gasteiger partial charge in [0.1, 0.15) is 11.5 Å². The molecule has 174 valence electrons. The third-order valence-electron chi connectivity index (χ3n) is 5.71. The molecule has 0 saturated heterocycles. The van der Waals surface area contributed by atoms with Crippen LogP contribution in [0.5, 0.6) is 23.0 Å². The Kier molecular flexibility index (Phi) is 6.10. The van der Waals surface area contributed by atoms with E-state index in [0.29, 0.717) is 28.5 Å². The third-order valence-corrected chi connectivity index (χ3v) is 5.71. The highest BCUT2D eigenvalue weighted by atomic mass is 16.7. The zero-order valence-electron chi connectivity index (χ0n) is 19.3. The average Bonchev–Trinajstić information content (AvgIpc) is 3.45. The predicted octanol–water partition coefficient (Wildman–Crippen LogP) is 5.37. The van der Waals surface area contributed by atoms with Gasteiger partial charge in [-0.25, -0.2) is 0 Å². The molecule has 4 aromatic rings. The van der Waals surface area contributed by atoms with Crippen LogP contribution in [0.15, 0.2) is 72.9 Å². The summed E-state index contributed by atoms with van der Waals surface area (Å²) in [5.74, 6) is 2.40. The second kappa shape index (κ2) is 9.49. The van der Waals surface area contributed by atoms with E-state index < -0.39 is 0 Å². The van der Waals surface area contributed by atoms with Gasteiger partial charge in [0.15, 0.2) is 11.5 Å². The molecular weight excluding hydrogens is 430 g/mol. The smallest absolute Gasteiger partial charge is 0.255 e. The van der Waals surface area contributed by atoms with Crippen LogP contribution < -0.4 is 19.5 Å². The molecule has 0 unspecified atom stereocenters. The molecule has 0 atom stereocenters. The van der Waals surface area contributed by atoms with Crippen LogP contribution in [0.3, 0.4) is 0 Å². The molecule has 1 N–H and O–H groups in total. The molecule has 1 aromatic heterocycles. The second-order valence-electron chi connectivity index (χ2n) is 8.54. The summed E-state index contributed by atoms with van der Waals surface area (Å²) in [6.07, 6.45) is 3.21. The van der Waals surface area contributed by atoms with Crippen molar-refractivity contribution in [2.24, 2.45) is 0 Å². The second-order valence-corrected chi connectivity index (χ2v) is 8.54. The molecule has 0 bridgehead atoms. The Labute approximate surface area is 198 Å². The lowest BCUT2D eigenvalue weighted by Gasteiger charge is -2.11. The molecule has 0 aliphatic carbocycles. The number of nitrogens with one attached hydrogen (secondary N) is 1. The monoisotopic (exact) mass is 457 g/mol. The Morgan fingerprint density at radius 1 is 1.00 bits per heavy atom. The number of benzene rings is 3. The zero-order valence-corrected chi connectivity index (χ0v) is 19.3. The first-order valence-corrected chi connectivity index (χ1v) is 11.3. The van der Waals surface area contributed by atoms with E-state index in [9.17, 15) is 4.79 Å². The average molecular weight is 458 g/mol. The SMILES string of the molecule is CN(C)CCCn1ccc2cc(Oc3cccc(C(=O)Nc4ccc5c(c4)OCO5)c3)ccc21. The standard InChI is InChI=1S/C27H27N3O4/c1-29(2)12-4-13-30-14-11-19-15-23(8-9-24(19)30)34-22-6-3-5-20(16-22)27(31)28-21-7-10-25-26(17-21)33-18-32-25/h3,5-11,14-17H,4,12-13,18H2,1-2H3,(H,28,31). The molecule has 3 aromatic carbocycles. The van der Waals surface area contributed by atoms with Gasteiger partial charge in [-0.2, -0.15) is 0 Å². The number of carbonyl (C=O) groups is 1. The van der Waals surface area contributed by atoms with Gasteiger partial charge in [0.05, 0.1) is 0 Å². The Balaban J connectivity index is 1.26. The molecule has 5 rings (SSSR count). The van der Waals surface area contributed by atoms with Crippen molar-refractivity contribution in [1.82, 2.24) is 9.47 Å². The van der Waals surface area contributed by atoms with E-state index in [4.69, 9.17) is 14.2 Å². The zero-order chi connectivity index (χ0) is 23.5. The van der Waals surface area contributed by atoms with Gasteiger partial charge < -0.3 is 29.0 Å². The van der Waals surface area contributed by atoms with E-state index in [-0.39, 0.29) is 12.7 Å². The Hall–Kier alpha value is -3.97. The molecule has 7 nitrogen and oxygen atoms in total. The highest BCUT2D eigenvalue weighted by Crippen LogP contribution is 2.34. The number of ether oxygens (including phenoxy) is 3. The van der Waals surface area contributed by atoms with E-state index in [1.165, 1.54) is 5.52 Å². The minimum absolute atomic E-state index is 0.194. The van der Waals surface area contributed by atoms with Gasteiger partial charge in [-0.05, 0) is 81.7 Å². The number of nitrogens with zero attached hydrogens (tertiary/aromatic N) is 2. The normalized spacial score (nSPS) is 12.3. The summed E-state index contributed by atoms with van der Waals surface area (Å²) >= 11 is 0. The van der Waals surface area contributed by atoms with Crippen molar-refractivity contribution in [2.45, 2.75) is 13.0 Å². The lowest BCUT2D eigenvalue weighted by Crippen LogP contribution is -2.14. The van der Waals surface area contributed by atoms with Gasteiger partial charge in [-0.15, -0.1) is 0 Å². The van der Waals surface area contributed by atoms with Crippen molar-refractivity contribution >= 4 is 22.5 Å². The Morgan fingerprint density at radius 2 is 1.85 bits per heavy atom. The van der Waals surface area contributed by atoms with Crippen molar-refractivity contribution < 1.29 is 19.0 Å². The molecule has 0 radical (unpaired) electrons. The molecule has 7 heteroatoms. The van der Waals surface area contributed by atoms with E-state index in [1.807, 2.05) is 24.3 Å². The minimum Gasteiger partial charge on any atom is -0.457 e.